The van der Waals surface area contributed by atoms with Gasteiger partial charge in [0.2, 0.25) is 5.91 Å². The average molecular weight is 436 g/mol. The Bertz CT molecular complexity index is 1090. The van der Waals surface area contributed by atoms with Crippen LogP contribution in [0.25, 0.3) is 0 Å². The largest absolute Gasteiger partial charge is 0.359 e. The van der Waals surface area contributed by atoms with Crippen molar-refractivity contribution >= 4 is 34.9 Å². The number of fused-ring (bicyclic) bond motifs is 1. The molecule has 8 heteroatoms. The van der Waals surface area contributed by atoms with Gasteiger partial charge in [0.15, 0.2) is 5.82 Å². The summed E-state index contributed by atoms with van der Waals surface area (Å²) >= 11 is 5.97. The number of amides is 2. The Labute approximate surface area is 185 Å². The third kappa shape index (κ3) is 4.83. The Morgan fingerprint density at radius 3 is 2.74 bits per heavy atom. The third-order valence-electron chi connectivity index (χ3n) is 5.14. The van der Waals surface area contributed by atoms with Crippen LogP contribution >= 0.6 is 11.6 Å². The Hall–Kier alpha value is -3.45. The van der Waals surface area contributed by atoms with Crippen molar-refractivity contribution in [2.24, 2.45) is 0 Å². The van der Waals surface area contributed by atoms with Gasteiger partial charge >= 0.3 is 0 Å². The minimum Gasteiger partial charge on any atom is -0.359 e. The molecule has 0 aliphatic carbocycles. The van der Waals surface area contributed by atoms with Crippen molar-refractivity contribution in [3.8, 4) is 0 Å². The molecule has 0 radical (unpaired) electrons. The zero-order valence-corrected chi connectivity index (χ0v) is 17.8. The molecule has 3 heterocycles. The van der Waals surface area contributed by atoms with Crippen LogP contribution in [0.5, 0.6) is 0 Å². The van der Waals surface area contributed by atoms with Crippen molar-refractivity contribution in [2.75, 3.05) is 30.4 Å². The molecular formula is C23H22ClN5O2. The number of pyridine rings is 2. The Morgan fingerprint density at radius 1 is 1.19 bits per heavy atom. The number of nitrogens with one attached hydrogen (secondary N) is 1. The number of halogens is 1. The molecule has 0 atom stereocenters. The highest BCUT2D eigenvalue weighted by molar-refractivity contribution is 6.30. The average Bonchev–Trinajstić information content (AvgIpc) is 2.80. The van der Waals surface area contributed by atoms with E-state index in [0.717, 1.165) is 11.3 Å². The SMILES string of the molecule is CN(CCc1ccccn1)C(=O)c1cnc2c(c1)N(Cc1ccc(Cl)cc1)C(=O)CN2. The minimum absolute atomic E-state index is 0.0858. The van der Waals surface area contributed by atoms with E-state index in [4.69, 9.17) is 11.6 Å². The van der Waals surface area contributed by atoms with Crippen LogP contribution in [0.2, 0.25) is 5.02 Å². The van der Waals surface area contributed by atoms with E-state index in [2.05, 4.69) is 15.3 Å². The summed E-state index contributed by atoms with van der Waals surface area (Å²) in [4.78, 5) is 37.5. The van der Waals surface area contributed by atoms with E-state index in [-0.39, 0.29) is 18.4 Å². The summed E-state index contributed by atoms with van der Waals surface area (Å²) in [6.45, 7) is 1.06. The molecule has 0 bridgehead atoms. The molecular weight excluding hydrogens is 414 g/mol. The molecule has 0 spiro atoms. The van der Waals surface area contributed by atoms with Crippen molar-refractivity contribution in [1.82, 2.24) is 14.9 Å². The van der Waals surface area contributed by atoms with Gasteiger partial charge in [0.05, 0.1) is 24.3 Å². The third-order valence-corrected chi connectivity index (χ3v) is 5.40. The molecule has 7 nitrogen and oxygen atoms in total. The fraction of sp³-hybridized carbons (Fsp3) is 0.217. The lowest BCUT2D eigenvalue weighted by Crippen LogP contribution is -2.40. The number of carbonyl (C=O) groups excluding carboxylic acids is 2. The van der Waals surface area contributed by atoms with Gasteiger partial charge in [-0.3, -0.25) is 14.6 Å². The molecule has 0 fully saturated rings. The van der Waals surface area contributed by atoms with E-state index in [1.807, 2.05) is 30.3 Å². The van der Waals surface area contributed by atoms with E-state index in [1.165, 1.54) is 0 Å². The van der Waals surface area contributed by atoms with E-state index >= 15 is 0 Å². The number of rotatable bonds is 6. The quantitative estimate of drug-likeness (QED) is 0.642. The molecule has 4 rings (SSSR count). The van der Waals surface area contributed by atoms with Crippen LogP contribution in [0, 0.1) is 0 Å². The van der Waals surface area contributed by atoms with Crippen LogP contribution in [0.4, 0.5) is 11.5 Å². The van der Waals surface area contributed by atoms with Crippen LogP contribution in [0.1, 0.15) is 21.6 Å². The predicted molar refractivity (Wildman–Crippen MR) is 120 cm³/mol. The van der Waals surface area contributed by atoms with Crippen molar-refractivity contribution in [3.63, 3.8) is 0 Å². The first-order chi connectivity index (χ1) is 15.0. The second kappa shape index (κ2) is 9.14. The number of hydrogen-bond donors (Lipinski definition) is 1. The standard InChI is InChI=1S/C23H22ClN5O2/c1-28(11-9-19-4-2-3-10-25-19)23(31)17-12-20-22(26-13-17)27-14-21(30)29(20)15-16-5-7-18(24)8-6-16/h2-8,10,12-13H,9,11,14-15H2,1H3,(H,26,27). The van der Waals surface area contributed by atoms with E-state index in [1.54, 1.807) is 47.4 Å². The van der Waals surface area contributed by atoms with Gasteiger partial charge < -0.3 is 15.1 Å². The maximum atomic E-state index is 13.0. The smallest absolute Gasteiger partial charge is 0.255 e. The molecule has 158 valence electrons. The number of anilines is 2. The fourth-order valence-corrected chi connectivity index (χ4v) is 3.52. The Kier molecular flexibility index (Phi) is 6.13. The molecule has 1 N–H and O–H groups in total. The summed E-state index contributed by atoms with van der Waals surface area (Å²) < 4.78 is 0. The second-order valence-electron chi connectivity index (χ2n) is 7.35. The molecule has 2 aromatic heterocycles. The van der Waals surface area contributed by atoms with Gasteiger partial charge in [0.25, 0.3) is 5.91 Å². The molecule has 3 aromatic rings. The second-order valence-corrected chi connectivity index (χ2v) is 7.79. The molecule has 2 amide bonds. The first kappa shape index (κ1) is 20.8. The topological polar surface area (TPSA) is 78.4 Å². The molecule has 31 heavy (non-hydrogen) atoms. The highest BCUT2D eigenvalue weighted by Crippen LogP contribution is 2.30. The van der Waals surface area contributed by atoms with Gasteiger partial charge in [0, 0.05) is 43.1 Å². The van der Waals surface area contributed by atoms with Crippen molar-refractivity contribution in [2.45, 2.75) is 13.0 Å². The van der Waals surface area contributed by atoms with Crippen LogP contribution in [0.3, 0.4) is 0 Å². The number of hydrogen-bond acceptors (Lipinski definition) is 5. The Morgan fingerprint density at radius 2 is 2.00 bits per heavy atom. The summed E-state index contributed by atoms with van der Waals surface area (Å²) in [5.41, 5.74) is 2.89. The molecule has 1 aromatic carbocycles. The summed E-state index contributed by atoms with van der Waals surface area (Å²) in [6, 6.07) is 14.8. The van der Waals surface area contributed by atoms with Crippen molar-refractivity contribution in [1.29, 1.82) is 0 Å². The fourth-order valence-electron chi connectivity index (χ4n) is 3.40. The zero-order valence-electron chi connectivity index (χ0n) is 17.1. The number of carbonyl (C=O) groups is 2. The maximum Gasteiger partial charge on any atom is 0.255 e. The summed E-state index contributed by atoms with van der Waals surface area (Å²) in [7, 11) is 1.75. The van der Waals surface area contributed by atoms with E-state index in [9.17, 15) is 9.59 Å². The zero-order chi connectivity index (χ0) is 21.8. The summed E-state index contributed by atoms with van der Waals surface area (Å²) in [5.74, 6) is 0.342. The van der Waals surface area contributed by atoms with Crippen molar-refractivity contribution < 1.29 is 9.59 Å². The van der Waals surface area contributed by atoms with Gasteiger partial charge in [-0.25, -0.2) is 4.98 Å². The first-order valence-corrected chi connectivity index (χ1v) is 10.3. The number of benzene rings is 1. The van der Waals surface area contributed by atoms with Crippen LogP contribution < -0.4 is 10.2 Å². The molecule has 0 saturated heterocycles. The number of nitrogens with zero attached hydrogens (tertiary/aromatic N) is 4. The lowest BCUT2D eigenvalue weighted by atomic mass is 10.1. The normalized spacial score (nSPS) is 12.8. The predicted octanol–water partition coefficient (Wildman–Crippen LogP) is 3.40. The number of likely N-dealkylation sites (N-methyl/N-ethyl adjacent to an activating group) is 1. The van der Waals surface area contributed by atoms with E-state index < -0.39 is 0 Å². The summed E-state index contributed by atoms with van der Waals surface area (Å²) in [6.07, 6.45) is 3.94. The van der Waals surface area contributed by atoms with Gasteiger partial charge in [-0.05, 0) is 35.9 Å². The lowest BCUT2D eigenvalue weighted by molar-refractivity contribution is -0.117. The first-order valence-electron chi connectivity index (χ1n) is 9.95. The van der Waals surface area contributed by atoms with Crippen LogP contribution in [-0.2, 0) is 17.8 Å². The molecule has 0 saturated carbocycles. The summed E-state index contributed by atoms with van der Waals surface area (Å²) in [5, 5.41) is 3.66. The van der Waals surface area contributed by atoms with Crippen LogP contribution in [0.15, 0.2) is 60.9 Å². The van der Waals surface area contributed by atoms with Crippen molar-refractivity contribution in [3.05, 3.63) is 82.8 Å². The van der Waals surface area contributed by atoms with Gasteiger partial charge in [0.1, 0.15) is 0 Å². The Balaban J connectivity index is 1.52. The van der Waals surface area contributed by atoms with Gasteiger partial charge in [-0.15, -0.1) is 0 Å². The van der Waals surface area contributed by atoms with Gasteiger partial charge in [-0.1, -0.05) is 29.8 Å². The van der Waals surface area contributed by atoms with Crippen LogP contribution in [-0.4, -0.2) is 46.8 Å². The highest BCUT2D eigenvalue weighted by atomic mass is 35.5. The van der Waals surface area contributed by atoms with Gasteiger partial charge in [-0.2, -0.15) is 0 Å². The highest BCUT2D eigenvalue weighted by Gasteiger charge is 2.26. The lowest BCUT2D eigenvalue weighted by Gasteiger charge is -2.30. The maximum absolute atomic E-state index is 13.0. The minimum atomic E-state index is -0.157. The number of aromatic nitrogens is 2. The monoisotopic (exact) mass is 435 g/mol. The van der Waals surface area contributed by atoms with E-state index in [0.29, 0.717) is 41.6 Å². The molecule has 1 aliphatic rings. The molecule has 0 unspecified atom stereocenters. The molecule has 1 aliphatic heterocycles.